The summed E-state index contributed by atoms with van der Waals surface area (Å²) in [4.78, 5) is 22.6. The van der Waals surface area contributed by atoms with Crippen LogP contribution in [0, 0.1) is 0 Å². The Balaban J connectivity index is 1.86. The van der Waals surface area contributed by atoms with Crippen LogP contribution >= 0.6 is 0 Å². The van der Waals surface area contributed by atoms with Gasteiger partial charge in [0.15, 0.2) is 6.61 Å². The monoisotopic (exact) mass is 331 g/mol. The van der Waals surface area contributed by atoms with Crippen LogP contribution in [0.2, 0.25) is 0 Å². The number of carboxylic acid groups (broad SMARTS) is 1. The van der Waals surface area contributed by atoms with Gasteiger partial charge in [0.2, 0.25) is 5.76 Å². The van der Waals surface area contributed by atoms with Crippen molar-refractivity contribution in [3.63, 3.8) is 0 Å². The summed E-state index contributed by atoms with van der Waals surface area (Å²) in [5.74, 6) is -0.173. The standard InChI is InChI=1S/C18H21NO5/c1-3-12(2)14-6-4-5-7-15(14)23-11-17(20)19-10-13-8-9-16(24-13)18(21)22/h4-9,12H,3,10-11H2,1-2H3,(H,19,20)(H,21,22)/t12-/m1/s1. The Morgan fingerprint density at radius 3 is 2.67 bits per heavy atom. The van der Waals surface area contributed by atoms with Crippen LogP contribution in [0.5, 0.6) is 5.75 Å². The number of nitrogens with one attached hydrogen (secondary N) is 1. The predicted molar refractivity (Wildman–Crippen MR) is 88.2 cm³/mol. The molecule has 0 spiro atoms. The van der Waals surface area contributed by atoms with Gasteiger partial charge in [-0.25, -0.2) is 4.79 Å². The number of carboxylic acids is 1. The maximum absolute atomic E-state index is 11.9. The molecule has 0 bridgehead atoms. The SMILES string of the molecule is CC[C@@H](C)c1ccccc1OCC(=O)NCc1ccc(C(=O)O)o1. The largest absolute Gasteiger partial charge is 0.483 e. The Morgan fingerprint density at radius 1 is 1.25 bits per heavy atom. The van der Waals surface area contributed by atoms with E-state index in [1.54, 1.807) is 0 Å². The number of furan rings is 1. The molecule has 6 heteroatoms. The van der Waals surface area contributed by atoms with Crippen LogP contribution in [0.4, 0.5) is 0 Å². The Bertz CT molecular complexity index is 707. The molecule has 0 aliphatic heterocycles. The Morgan fingerprint density at radius 2 is 2.00 bits per heavy atom. The fourth-order valence-electron chi connectivity index (χ4n) is 2.21. The zero-order valence-corrected chi connectivity index (χ0v) is 13.7. The molecule has 1 amide bonds. The molecule has 2 N–H and O–H groups in total. The molecule has 6 nitrogen and oxygen atoms in total. The normalized spacial score (nSPS) is 11.8. The molecule has 2 rings (SSSR count). The smallest absolute Gasteiger partial charge is 0.371 e. The quantitative estimate of drug-likeness (QED) is 0.775. The van der Waals surface area contributed by atoms with Gasteiger partial charge in [-0.2, -0.15) is 0 Å². The van der Waals surface area contributed by atoms with Crippen molar-refractivity contribution < 1.29 is 23.8 Å². The van der Waals surface area contributed by atoms with E-state index in [-0.39, 0.29) is 24.8 Å². The van der Waals surface area contributed by atoms with Gasteiger partial charge in [-0.1, -0.05) is 32.0 Å². The number of hydrogen-bond acceptors (Lipinski definition) is 4. The van der Waals surface area contributed by atoms with Crippen LogP contribution in [0.15, 0.2) is 40.8 Å². The second kappa shape index (κ2) is 8.19. The molecule has 1 aromatic heterocycles. The minimum atomic E-state index is -1.14. The van der Waals surface area contributed by atoms with Gasteiger partial charge >= 0.3 is 5.97 Å². The summed E-state index contributed by atoms with van der Waals surface area (Å²) in [6, 6.07) is 10.5. The molecule has 0 saturated heterocycles. The lowest BCUT2D eigenvalue weighted by Crippen LogP contribution is -2.28. The summed E-state index contributed by atoms with van der Waals surface area (Å²) in [5, 5.41) is 11.4. The second-order valence-electron chi connectivity index (χ2n) is 5.48. The van der Waals surface area contributed by atoms with Gasteiger partial charge in [0.05, 0.1) is 6.54 Å². The third-order valence-corrected chi connectivity index (χ3v) is 3.75. The van der Waals surface area contributed by atoms with Crippen LogP contribution < -0.4 is 10.1 Å². The summed E-state index contributed by atoms with van der Waals surface area (Å²) in [7, 11) is 0. The van der Waals surface area contributed by atoms with Gasteiger partial charge in [-0.05, 0) is 36.1 Å². The van der Waals surface area contributed by atoms with E-state index in [0.29, 0.717) is 17.4 Å². The first-order valence-electron chi connectivity index (χ1n) is 7.81. The van der Waals surface area contributed by atoms with Crippen molar-refractivity contribution in [3.8, 4) is 5.75 Å². The number of benzene rings is 1. The minimum absolute atomic E-state index is 0.111. The van der Waals surface area contributed by atoms with Gasteiger partial charge in [-0.15, -0.1) is 0 Å². The second-order valence-corrected chi connectivity index (χ2v) is 5.48. The highest BCUT2D eigenvalue weighted by Gasteiger charge is 2.12. The third-order valence-electron chi connectivity index (χ3n) is 3.75. The van der Waals surface area contributed by atoms with E-state index in [4.69, 9.17) is 14.3 Å². The zero-order chi connectivity index (χ0) is 17.5. The Labute approximate surface area is 140 Å². The van der Waals surface area contributed by atoms with Crippen molar-refractivity contribution in [1.29, 1.82) is 0 Å². The molecule has 0 saturated carbocycles. The molecule has 1 aromatic carbocycles. The highest BCUT2D eigenvalue weighted by molar-refractivity contribution is 5.84. The minimum Gasteiger partial charge on any atom is -0.483 e. The van der Waals surface area contributed by atoms with Crippen LogP contribution in [0.25, 0.3) is 0 Å². The van der Waals surface area contributed by atoms with E-state index in [9.17, 15) is 9.59 Å². The molecule has 24 heavy (non-hydrogen) atoms. The number of carbonyl (C=O) groups is 2. The molecule has 0 fully saturated rings. The van der Waals surface area contributed by atoms with Crippen LogP contribution in [-0.2, 0) is 11.3 Å². The number of rotatable bonds is 8. The molecule has 0 radical (unpaired) electrons. The first kappa shape index (κ1) is 17.6. The van der Waals surface area contributed by atoms with Crippen molar-refractivity contribution >= 4 is 11.9 Å². The lowest BCUT2D eigenvalue weighted by atomic mass is 9.98. The first-order valence-corrected chi connectivity index (χ1v) is 7.81. The summed E-state index contributed by atoms with van der Waals surface area (Å²) in [5.41, 5.74) is 1.07. The molecule has 1 heterocycles. The van der Waals surface area contributed by atoms with Crippen LogP contribution in [0.3, 0.4) is 0 Å². The maximum atomic E-state index is 11.9. The predicted octanol–water partition coefficient (Wildman–Crippen LogP) is 3.19. The fourth-order valence-corrected chi connectivity index (χ4v) is 2.21. The highest BCUT2D eigenvalue weighted by atomic mass is 16.5. The van der Waals surface area contributed by atoms with Crippen LogP contribution in [-0.4, -0.2) is 23.6 Å². The van der Waals surface area contributed by atoms with Gasteiger partial charge < -0.3 is 19.6 Å². The lowest BCUT2D eigenvalue weighted by Gasteiger charge is -2.15. The molecule has 128 valence electrons. The summed E-state index contributed by atoms with van der Waals surface area (Å²) in [6.45, 7) is 4.21. The summed E-state index contributed by atoms with van der Waals surface area (Å²) in [6.07, 6.45) is 0.983. The average Bonchev–Trinajstić information content (AvgIpc) is 3.07. The number of hydrogen-bond donors (Lipinski definition) is 2. The van der Waals surface area contributed by atoms with Gasteiger partial charge in [0.25, 0.3) is 5.91 Å². The summed E-state index contributed by atoms with van der Waals surface area (Å²) >= 11 is 0. The van der Waals surface area contributed by atoms with Crippen molar-refractivity contribution in [1.82, 2.24) is 5.32 Å². The Kier molecular flexibility index (Phi) is 6.01. The highest BCUT2D eigenvalue weighted by Crippen LogP contribution is 2.28. The number of para-hydroxylation sites is 1. The lowest BCUT2D eigenvalue weighted by molar-refractivity contribution is -0.123. The zero-order valence-electron chi connectivity index (χ0n) is 13.7. The molecule has 1 atom stereocenters. The van der Waals surface area contributed by atoms with Crippen molar-refractivity contribution in [2.24, 2.45) is 0 Å². The molecule has 2 aromatic rings. The van der Waals surface area contributed by atoms with E-state index in [1.807, 2.05) is 24.3 Å². The average molecular weight is 331 g/mol. The molecule has 0 aliphatic carbocycles. The molecular weight excluding hydrogens is 310 g/mol. The molecule has 0 aliphatic rings. The Hall–Kier alpha value is -2.76. The van der Waals surface area contributed by atoms with E-state index < -0.39 is 5.97 Å². The third kappa shape index (κ3) is 4.62. The van der Waals surface area contributed by atoms with Crippen molar-refractivity contribution in [2.75, 3.05) is 6.61 Å². The first-order chi connectivity index (χ1) is 11.5. The molecular formula is C18H21NO5. The van der Waals surface area contributed by atoms with Crippen molar-refractivity contribution in [3.05, 3.63) is 53.5 Å². The van der Waals surface area contributed by atoms with E-state index in [1.165, 1.54) is 12.1 Å². The maximum Gasteiger partial charge on any atom is 0.371 e. The number of ether oxygens (including phenoxy) is 1. The number of carbonyl (C=O) groups excluding carboxylic acids is 1. The van der Waals surface area contributed by atoms with Gasteiger partial charge in [0.1, 0.15) is 11.5 Å². The number of amides is 1. The molecule has 0 unspecified atom stereocenters. The van der Waals surface area contributed by atoms with E-state index >= 15 is 0 Å². The number of aromatic carboxylic acids is 1. The van der Waals surface area contributed by atoms with Gasteiger partial charge in [-0.3, -0.25) is 4.79 Å². The van der Waals surface area contributed by atoms with Gasteiger partial charge in [0, 0.05) is 0 Å². The van der Waals surface area contributed by atoms with Crippen molar-refractivity contribution in [2.45, 2.75) is 32.7 Å². The van der Waals surface area contributed by atoms with Crippen LogP contribution in [0.1, 0.15) is 48.1 Å². The van der Waals surface area contributed by atoms with E-state index in [2.05, 4.69) is 19.2 Å². The fraction of sp³-hybridized carbons (Fsp3) is 0.333. The summed E-state index contributed by atoms with van der Waals surface area (Å²) < 4.78 is 10.7. The topological polar surface area (TPSA) is 88.8 Å². The van der Waals surface area contributed by atoms with E-state index in [0.717, 1.165) is 12.0 Å².